The Bertz CT molecular complexity index is 1120. The van der Waals surface area contributed by atoms with Gasteiger partial charge in [0.15, 0.2) is 11.5 Å². The number of amides is 1. The number of carbonyl (C=O) groups is 1. The molecule has 156 valence electrons. The van der Waals surface area contributed by atoms with E-state index in [1.807, 2.05) is 18.3 Å². The van der Waals surface area contributed by atoms with E-state index >= 15 is 0 Å². The predicted molar refractivity (Wildman–Crippen MR) is 114 cm³/mol. The van der Waals surface area contributed by atoms with Crippen LogP contribution in [0.2, 0.25) is 0 Å². The van der Waals surface area contributed by atoms with Gasteiger partial charge in [-0.15, -0.1) is 0 Å². The summed E-state index contributed by atoms with van der Waals surface area (Å²) in [6.07, 6.45) is 2.10. The average molecular weight is 407 g/mol. The van der Waals surface area contributed by atoms with Crippen molar-refractivity contribution in [3.05, 3.63) is 58.8 Å². The SMILES string of the molecule is COc1cc(OC)c(C2CC(=O)Nc3c2cnn3-c2ccc(C)c(C)c2)cc1OC. The number of benzene rings is 2. The lowest BCUT2D eigenvalue weighted by atomic mass is 9.86. The Kier molecular flexibility index (Phi) is 5.11. The zero-order valence-corrected chi connectivity index (χ0v) is 17.8. The highest BCUT2D eigenvalue weighted by Gasteiger charge is 2.33. The van der Waals surface area contributed by atoms with Crippen LogP contribution in [0.1, 0.15) is 34.6 Å². The number of aromatic nitrogens is 2. The number of anilines is 1. The minimum absolute atomic E-state index is 0.0741. The molecule has 0 fully saturated rings. The number of aryl methyl sites for hydroxylation is 2. The quantitative estimate of drug-likeness (QED) is 0.692. The molecule has 3 aromatic rings. The molecule has 1 aliphatic rings. The molecule has 0 aliphatic carbocycles. The maximum Gasteiger partial charge on any atom is 0.226 e. The Morgan fingerprint density at radius 1 is 0.933 bits per heavy atom. The van der Waals surface area contributed by atoms with E-state index in [-0.39, 0.29) is 18.2 Å². The summed E-state index contributed by atoms with van der Waals surface area (Å²) in [4.78, 5) is 12.6. The molecule has 4 rings (SSSR count). The second-order valence-corrected chi connectivity index (χ2v) is 7.38. The van der Waals surface area contributed by atoms with Gasteiger partial charge in [0.1, 0.15) is 11.6 Å². The zero-order valence-electron chi connectivity index (χ0n) is 17.8. The monoisotopic (exact) mass is 407 g/mol. The number of ether oxygens (including phenoxy) is 3. The summed E-state index contributed by atoms with van der Waals surface area (Å²) in [6.45, 7) is 4.13. The van der Waals surface area contributed by atoms with Crippen molar-refractivity contribution in [1.82, 2.24) is 9.78 Å². The molecule has 2 aromatic carbocycles. The third-order valence-electron chi connectivity index (χ3n) is 5.67. The first-order valence-corrected chi connectivity index (χ1v) is 9.72. The number of rotatable bonds is 5. The maximum absolute atomic E-state index is 12.6. The van der Waals surface area contributed by atoms with Crippen molar-refractivity contribution in [2.75, 3.05) is 26.6 Å². The van der Waals surface area contributed by atoms with E-state index in [1.165, 1.54) is 5.56 Å². The number of hydrogen-bond donors (Lipinski definition) is 1. The lowest BCUT2D eigenvalue weighted by Gasteiger charge is -2.26. The van der Waals surface area contributed by atoms with Crippen LogP contribution in [0.15, 0.2) is 36.5 Å². The van der Waals surface area contributed by atoms with Crippen LogP contribution in [-0.4, -0.2) is 37.0 Å². The van der Waals surface area contributed by atoms with Crippen LogP contribution in [0.3, 0.4) is 0 Å². The first kappa shape index (κ1) is 19.8. The normalized spacial score (nSPS) is 15.4. The van der Waals surface area contributed by atoms with E-state index < -0.39 is 0 Å². The fourth-order valence-electron chi connectivity index (χ4n) is 3.88. The van der Waals surface area contributed by atoms with Crippen molar-refractivity contribution < 1.29 is 19.0 Å². The summed E-state index contributed by atoms with van der Waals surface area (Å²) in [6, 6.07) is 9.78. The third kappa shape index (κ3) is 3.26. The summed E-state index contributed by atoms with van der Waals surface area (Å²) in [5, 5.41) is 7.58. The smallest absolute Gasteiger partial charge is 0.226 e. The lowest BCUT2D eigenvalue weighted by Crippen LogP contribution is -2.25. The molecular formula is C23H25N3O4. The highest BCUT2D eigenvalue weighted by atomic mass is 16.5. The maximum atomic E-state index is 12.6. The number of nitrogens with one attached hydrogen (secondary N) is 1. The van der Waals surface area contributed by atoms with Crippen molar-refractivity contribution in [3.8, 4) is 22.9 Å². The van der Waals surface area contributed by atoms with Crippen molar-refractivity contribution in [2.24, 2.45) is 0 Å². The van der Waals surface area contributed by atoms with Gasteiger partial charge in [0, 0.05) is 29.5 Å². The molecule has 0 spiro atoms. The van der Waals surface area contributed by atoms with Crippen molar-refractivity contribution in [2.45, 2.75) is 26.2 Å². The summed E-state index contributed by atoms with van der Waals surface area (Å²) in [5.41, 5.74) is 5.05. The summed E-state index contributed by atoms with van der Waals surface area (Å²) in [5.74, 6) is 2.18. The van der Waals surface area contributed by atoms with Gasteiger partial charge in [-0.2, -0.15) is 5.10 Å². The number of hydrogen-bond acceptors (Lipinski definition) is 5. The molecule has 30 heavy (non-hydrogen) atoms. The highest BCUT2D eigenvalue weighted by Crippen LogP contribution is 2.45. The molecule has 1 aromatic heterocycles. The highest BCUT2D eigenvalue weighted by molar-refractivity contribution is 5.95. The number of nitrogens with zero attached hydrogens (tertiary/aromatic N) is 2. The minimum Gasteiger partial charge on any atom is -0.496 e. The van der Waals surface area contributed by atoms with E-state index in [2.05, 4.69) is 36.4 Å². The van der Waals surface area contributed by atoms with Crippen molar-refractivity contribution >= 4 is 11.7 Å². The minimum atomic E-state index is -0.219. The lowest BCUT2D eigenvalue weighted by molar-refractivity contribution is -0.116. The van der Waals surface area contributed by atoms with Gasteiger partial charge in [0.25, 0.3) is 0 Å². The average Bonchev–Trinajstić information content (AvgIpc) is 3.17. The molecule has 1 N–H and O–H groups in total. The van der Waals surface area contributed by atoms with E-state index in [0.29, 0.717) is 23.1 Å². The molecule has 0 saturated heterocycles. The fourth-order valence-corrected chi connectivity index (χ4v) is 3.88. The summed E-state index contributed by atoms with van der Waals surface area (Å²) < 4.78 is 18.3. The van der Waals surface area contributed by atoms with Gasteiger partial charge in [-0.25, -0.2) is 4.68 Å². The van der Waals surface area contributed by atoms with Gasteiger partial charge in [-0.05, 0) is 43.2 Å². The predicted octanol–water partition coefficient (Wildman–Crippen LogP) is 3.99. The van der Waals surface area contributed by atoms with E-state index in [4.69, 9.17) is 14.2 Å². The molecular weight excluding hydrogens is 382 g/mol. The Morgan fingerprint density at radius 3 is 2.30 bits per heavy atom. The van der Waals surface area contributed by atoms with E-state index in [0.717, 1.165) is 22.4 Å². The molecule has 0 bridgehead atoms. The second-order valence-electron chi connectivity index (χ2n) is 7.38. The van der Waals surface area contributed by atoms with Gasteiger partial charge in [-0.1, -0.05) is 6.07 Å². The number of fused-ring (bicyclic) bond motifs is 1. The van der Waals surface area contributed by atoms with Crippen LogP contribution in [0.25, 0.3) is 5.69 Å². The van der Waals surface area contributed by atoms with Crippen LogP contribution < -0.4 is 19.5 Å². The van der Waals surface area contributed by atoms with E-state index in [1.54, 1.807) is 32.1 Å². The molecule has 0 saturated carbocycles. The molecule has 1 atom stereocenters. The number of methoxy groups -OCH3 is 3. The van der Waals surface area contributed by atoms with Crippen LogP contribution in [0.4, 0.5) is 5.82 Å². The Hall–Kier alpha value is -3.48. The Labute approximate surface area is 175 Å². The standard InChI is InChI=1S/C23H25N3O4/c1-13-6-7-15(8-14(13)2)26-23-18(12-24-26)16(10-22(27)25-23)17-9-20(29-4)21(30-5)11-19(17)28-3/h6-9,11-12,16H,10H2,1-5H3,(H,25,27). The second kappa shape index (κ2) is 7.74. The zero-order chi connectivity index (χ0) is 21.4. The van der Waals surface area contributed by atoms with Gasteiger partial charge < -0.3 is 19.5 Å². The summed E-state index contributed by atoms with van der Waals surface area (Å²) >= 11 is 0. The molecule has 7 nitrogen and oxygen atoms in total. The molecule has 1 unspecified atom stereocenters. The van der Waals surface area contributed by atoms with Gasteiger partial charge in [-0.3, -0.25) is 4.79 Å². The van der Waals surface area contributed by atoms with Gasteiger partial charge in [0.05, 0.1) is 33.2 Å². The summed E-state index contributed by atoms with van der Waals surface area (Å²) in [7, 11) is 4.77. The molecule has 7 heteroatoms. The van der Waals surface area contributed by atoms with Crippen LogP contribution >= 0.6 is 0 Å². The molecule has 2 heterocycles. The number of carbonyl (C=O) groups excluding carboxylic acids is 1. The van der Waals surface area contributed by atoms with Gasteiger partial charge >= 0.3 is 0 Å². The van der Waals surface area contributed by atoms with Crippen molar-refractivity contribution in [1.29, 1.82) is 0 Å². The Balaban J connectivity index is 1.85. The van der Waals surface area contributed by atoms with Crippen LogP contribution in [0, 0.1) is 13.8 Å². The molecule has 0 radical (unpaired) electrons. The van der Waals surface area contributed by atoms with Crippen LogP contribution in [-0.2, 0) is 4.79 Å². The first-order chi connectivity index (χ1) is 14.5. The largest absolute Gasteiger partial charge is 0.496 e. The molecule has 1 amide bonds. The molecule has 1 aliphatic heterocycles. The van der Waals surface area contributed by atoms with Gasteiger partial charge in [0.2, 0.25) is 5.91 Å². The fraction of sp³-hybridized carbons (Fsp3) is 0.304. The van der Waals surface area contributed by atoms with Crippen molar-refractivity contribution in [3.63, 3.8) is 0 Å². The topological polar surface area (TPSA) is 74.6 Å². The first-order valence-electron chi connectivity index (χ1n) is 9.72. The third-order valence-corrected chi connectivity index (χ3v) is 5.67. The Morgan fingerprint density at radius 2 is 1.63 bits per heavy atom. The van der Waals surface area contributed by atoms with Crippen LogP contribution in [0.5, 0.6) is 17.2 Å². The van der Waals surface area contributed by atoms with E-state index in [9.17, 15) is 4.79 Å².